The maximum absolute atomic E-state index is 13.1. The summed E-state index contributed by atoms with van der Waals surface area (Å²) >= 11 is 0. The third kappa shape index (κ3) is 12.7. The summed E-state index contributed by atoms with van der Waals surface area (Å²) in [5, 5.41) is 17.2. The number of hydrogen-bond acceptors (Lipinski definition) is 7. The Bertz CT molecular complexity index is 1440. The minimum absolute atomic E-state index is 0.182. The van der Waals surface area contributed by atoms with Gasteiger partial charge in [-0.25, -0.2) is 9.67 Å². The fraction of sp³-hybridized carbons (Fsp3) is 0.500. The number of allylic oxidation sites excluding steroid dienone is 5. The number of nitriles is 1. The van der Waals surface area contributed by atoms with E-state index < -0.39 is 5.54 Å². The molecule has 0 spiro atoms. The lowest BCUT2D eigenvalue weighted by Gasteiger charge is -2.22. The summed E-state index contributed by atoms with van der Waals surface area (Å²) in [7, 11) is 0. The third-order valence-electron chi connectivity index (χ3n) is 7.40. The van der Waals surface area contributed by atoms with Crippen LogP contribution in [0.15, 0.2) is 59.9 Å². The van der Waals surface area contributed by atoms with Crippen LogP contribution in [0.4, 0.5) is 0 Å². The minimum atomic E-state index is -0.488. The number of hydrogen-bond donors (Lipinski definition) is 1. The van der Waals surface area contributed by atoms with E-state index in [4.69, 9.17) is 14.3 Å². The fourth-order valence-electron chi connectivity index (χ4n) is 4.40. The minimum Gasteiger partial charge on any atom is -0.477 e. The van der Waals surface area contributed by atoms with Crippen LogP contribution in [0.5, 0.6) is 17.5 Å². The first-order valence-corrected chi connectivity index (χ1v) is 16.5. The molecule has 0 saturated heterocycles. The van der Waals surface area contributed by atoms with Crippen molar-refractivity contribution in [1.82, 2.24) is 20.1 Å². The molecule has 2 fully saturated rings. The van der Waals surface area contributed by atoms with Gasteiger partial charge in [0.15, 0.2) is 17.0 Å². The van der Waals surface area contributed by atoms with E-state index in [1.807, 2.05) is 61.3 Å². The predicted molar refractivity (Wildman–Crippen MR) is 190 cm³/mol. The normalized spacial score (nSPS) is 13.7. The molecule has 9 heteroatoms. The van der Waals surface area contributed by atoms with E-state index >= 15 is 0 Å². The van der Waals surface area contributed by atoms with Gasteiger partial charge >= 0.3 is 0 Å². The molecule has 256 valence electrons. The van der Waals surface area contributed by atoms with Gasteiger partial charge in [0.25, 0.3) is 5.91 Å². The molecular formula is C38H55N5O4. The van der Waals surface area contributed by atoms with Gasteiger partial charge < -0.3 is 19.6 Å². The van der Waals surface area contributed by atoms with Gasteiger partial charge in [-0.2, -0.15) is 10.4 Å². The van der Waals surface area contributed by atoms with Crippen molar-refractivity contribution in [2.45, 2.75) is 106 Å². The molecule has 0 aromatic carbocycles. The lowest BCUT2D eigenvalue weighted by atomic mass is 9.93. The van der Waals surface area contributed by atoms with E-state index in [0.29, 0.717) is 24.6 Å². The Kier molecular flexibility index (Phi) is 17.8. The van der Waals surface area contributed by atoms with Gasteiger partial charge in [0.2, 0.25) is 11.8 Å². The summed E-state index contributed by atoms with van der Waals surface area (Å²) in [6, 6.07) is 3.70. The lowest BCUT2D eigenvalue weighted by Crippen LogP contribution is -2.28. The second-order valence-electron chi connectivity index (χ2n) is 12.0. The van der Waals surface area contributed by atoms with Crippen molar-refractivity contribution in [3.8, 4) is 23.6 Å². The molecule has 2 saturated carbocycles. The number of nitrogens with one attached hydrogen (secondary N) is 1. The summed E-state index contributed by atoms with van der Waals surface area (Å²) in [4.78, 5) is 25.3. The Morgan fingerprint density at radius 2 is 1.85 bits per heavy atom. The zero-order chi connectivity index (χ0) is 35.6. The number of carbonyl (C=O) groups is 2. The highest BCUT2D eigenvalue weighted by molar-refractivity contribution is 5.94. The van der Waals surface area contributed by atoms with Gasteiger partial charge in [0.1, 0.15) is 12.9 Å². The molecule has 2 aromatic rings. The zero-order valence-electron chi connectivity index (χ0n) is 30.0. The van der Waals surface area contributed by atoms with Crippen LogP contribution in [0.25, 0.3) is 0 Å². The highest BCUT2D eigenvalue weighted by atomic mass is 16.5. The molecule has 2 aliphatic carbocycles. The molecule has 2 heterocycles. The van der Waals surface area contributed by atoms with Crippen molar-refractivity contribution in [3.63, 3.8) is 0 Å². The Labute approximate surface area is 282 Å². The fourth-order valence-corrected chi connectivity index (χ4v) is 4.40. The molecule has 1 amide bonds. The standard InChI is InChI=1S/C29H37N5O3.C6H10.C2H6.CH2O/c1-8-21(16-22-12-13-22)11-10-19(3)18-32-26(35)25-20(4)28(34(33-25)29(5,6)7)37-24-14-15-31-27(36-9-2)23(24)17-30;1-2-6-4-3-5-6;2*1-2/h8,10-11,14-15,22H,3,9,12-13,16,18H2,1-2,4-7H3,(H,32,35);2H,3-5H2,1H3;1-2H3;1H2/b11-10-,21-8+;;;. The van der Waals surface area contributed by atoms with E-state index in [1.54, 1.807) is 23.2 Å². The number of aromatic nitrogens is 3. The first-order valence-electron chi connectivity index (χ1n) is 16.5. The van der Waals surface area contributed by atoms with Crippen molar-refractivity contribution in [3.05, 3.63) is 76.7 Å². The molecule has 1 N–H and O–H groups in total. The highest BCUT2D eigenvalue weighted by Gasteiger charge is 2.29. The predicted octanol–water partition coefficient (Wildman–Crippen LogP) is 8.95. The molecule has 2 aliphatic rings. The second-order valence-corrected chi connectivity index (χ2v) is 12.0. The van der Waals surface area contributed by atoms with E-state index in [9.17, 15) is 10.1 Å². The maximum Gasteiger partial charge on any atom is 0.272 e. The molecule has 2 aromatic heterocycles. The molecule has 0 aliphatic heterocycles. The van der Waals surface area contributed by atoms with Gasteiger partial charge in [-0.05, 0) is 98.5 Å². The Morgan fingerprint density at radius 3 is 2.32 bits per heavy atom. The number of nitrogens with zero attached hydrogens (tertiary/aromatic N) is 4. The van der Waals surface area contributed by atoms with Gasteiger partial charge in [-0.1, -0.05) is 55.9 Å². The summed E-state index contributed by atoms with van der Waals surface area (Å²) < 4.78 is 13.3. The van der Waals surface area contributed by atoms with Gasteiger partial charge in [0, 0.05) is 24.4 Å². The quantitative estimate of drug-likeness (QED) is 0.191. The van der Waals surface area contributed by atoms with E-state index in [2.05, 4.69) is 53.2 Å². The van der Waals surface area contributed by atoms with Gasteiger partial charge in [0.05, 0.1) is 12.1 Å². The Hall–Kier alpha value is -4.45. The first-order chi connectivity index (χ1) is 22.5. The third-order valence-corrected chi connectivity index (χ3v) is 7.40. The van der Waals surface area contributed by atoms with Gasteiger partial charge in [-0.3, -0.25) is 4.79 Å². The van der Waals surface area contributed by atoms with Gasteiger partial charge in [-0.15, -0.1) is 0 Å². The zero-order valence-corrected chi connectivity index (χ0v) is 30.0. The van der Waals surface area contributed by atoms with Crippen molar-refractivity contribution in [2.75, 3.05) is 13.2 Å². The van der Waals surface area contributed by atoms with Crippen molar-refractivity contribution in [1.29, 1.82) is 5.26 Å². The number of ether oxygens (including phenoxy) is 2. The van der Waals surface area contributed by atoms with Crippen molar-refractivity contribution < 1.29 is 19.1 Å². The number of amides is 1. The molecule has 0 bridgehead atoms. The average molecular weight is 646 g/mol. The molecular weight excluding hydrogens is 590 g/mol. The van der Waals surface area contributed by atoms with Crippen LogP contribution in [-0.4, -0.2) is 40.6 Å². The number of pyridine rings is 1. The molecule has 47 heavy (non-hydrogen) atoms. The summed E-state index contributed by atoms with van der Waals surface area (Å²) in [5.41, 5.74) is 4.24. The molecule has 0 unspecified atom stereocenters. The maximum atomic E-state index is 13.1. The monoisotopic (exact) mass is 645 g/mol. The summed E-state index contributed by atoms with van der Waals surface area (Å²) in [5.74, 6) is 1.34. The second kappa shape index (κ2) is 20.6. The largest absolute Gasteiger partial charge is 0.477 e. The molecule has 0 radical (unpaired) electrons. The van der Waals surface area contributed by atoms with Crippen molar-refractivity contribution >= 4 is 12.7 Å². The van der Waals surface area contributed by atoms with E-state index in [-0.39, 0.29) is 28.8 Å². The number of carbonyl (C=O) groups excluding carboxylic acids is 2. The lowest BCUT2D eigenvalue weighted by molar-refractivity contribution is -0.0980. The van der Waals surface area contributed by atoms with E-state index in [1.165, 1.54) is 43.9 Å². The van der Waals surface area contributed by atoms with E-state index in [0.717, 1.165) is 17.9 Å². The van der Waals surface area contributed by atoms with Crippen LogP contribution < -0.4 is 14.8 Å². The summed E-state index contributed by atoms with van der Waals surface area (Å²) in [6.45, 7) is 24.4. The van der Waals surface area contributed by atoms with Crippen molar-refractivity contribution in [2.24, 2.45) is 5.92 Å². The Morgan fingerprint density at radius 1 is 1.19 bits per heavy atom. The first kappa shape index (κ1) is 40.6. The Balaban J connectivity index is 0.000000961. The number of rotatable bonds is 11. The smallest absolute Gasteiger partial charge is 0.272 e. The highest BCUT2D eigenvalue weighted by Crippen LogP contribution is 2.36. The van der Waals surface area contributed by atoms with Crippen LogP contribution in [0, 0.1) is 24.2 Å². The van der Waals surface area contributed by atoms with Crippen LogP contribution >= 0.6 is 0 Å². The van der Waals surface area contributed by atoms with Crippen LogP contribution in [-0.2, 0) is 10.3 Å². The topological polar surface area (TPSA) is 119 Å². The molecule has 9 nitrogen and oxygen atoms in total. The average Bonchev–Trinajstić information content (AvgIpc) is 3.80. The van der Waals surface area contributed by atoms with Crippen LogP contribution in [0.3, 0.4) is 0 Å². The SMILES string of the molecule is C=C(/C=C\C(=C/C)CC1CC1)CNC(=O)c1nn(C(C)(C)C)c(Oc2ccnc(OCC)c2C#N)c1C.C=O.CC.CC=C1CCC1. The summed E-state index contributed by atoms with van der Waals surface area (Å²) in [6.07, 6.45) is 17.8. The molecule has 0 atom stereocenters. The van der Waals surface area contributed by atoms with Crippen LogP contribution in [0.2, 0.25) is 0 Å². The van der Waals surface area contributed by atoms with Crippen LogP contribution in [0.1, 0.15) is 116 Å². The molecule has 4 rings (SSSR count).